The van der Waals surface area contributed by atoms with Crippen LogP contribution < -0.4 is 4.57 Å². The summed E-state index contributed by atoms with van der Waals surface area (Å²) in [6, 6.07) is 4.33. The van der Waals surface area contributed by atoms with Crippen molar-refractivity contribution >= 4 is 5.57 Å². The molecule has 1 heterocycles. The fourth-order valence-corrected chi connectivity index (χ4v) is 2.67. The van der Waals surface area contributed by atoms with Crippen molar-refractivity contribution < 1.29 is 4.57 Å². The molecule has 1 aromatic heterocycles. The van der Waals surface area contributed by atoms with E-state index in [1.165, 1.54) is 69.8 Å². The van der Waals surface area contributed by atoms with E-state index in [0.29, 0.717) is 0 Å². The van der Waals surface area contributed by atoms with Crippen molar-refractivity contribution in [1.29, 1.82) is 0 Å². The summed E-state index contributed by atoms with van der Waals surface area (Å²) in [5.41, 5.74) is 2.38. The van der Waals surface area contributed by atoms with Crippen molar-refractivity contribution in [1.82, 2.24) is 0 Å². The summed E-state index contributed by atoms with van der Waals surface area (Å²) in [6.45, 7) is 9.46. The minimum Gasteiger partial charge on any atom is -0.205 e. The summed E-state index contributed by atoms with van der Waals surface area (Å²) < 4.78 is 2.29. The fraction of sp³-hybridized carbons (Fsp3) is 0.650. The van der Waals surface area contributed by atoms with Crippen LogP contribution >= 0.6 is 0 Å². The fourth-order valence-electron chi connectivity index (χ4n) is 2.67. The maximum absolute atomic E-state index is 3.97. The van der Waals surface area contributed by atoms with E-state index in [9.17, 15) is 0 Å². The molecule has 0 aliphatic carbocycles. The Balaban J connectivity index is 1.98. The van der Waals surface area contributed by atoms with Crippen LogP contribution in [-0.4, -0.2) is 0 Å². The Labute approximate surface area is 132 Å². The first-order chi connectivity index (χ1) is 10.2. The SMILES string of the molecule is C=C(C)c1cc[n+](CCCCCCCCCCCC)cc1. The summed E-state index contributed by atoms with van der Waals surface area (Å²) in [4.78, 5) is 0. The normalized spacial score (nSPS) is 10.8. The summed E-state index contributed by atoms with van der Waals surface area (Å²) in [5.74, 6) is 0. The van der Waals surface area contributed by atoms with Crippen molar-refractivity contribution in [3.8, 4) is 0 Å². The van der Waals surface area contributed by atoms with Gasteiger partial charge in [-0.2, -0.15) is 0 Å². The molecule has 1 heteroatoms. The maximum Gasteiger partial charge on any atom is 0.169 e. The number of unbranched alkanes of at least 4 members (excludes halogenated alkanes) is 9. The summed E-state index contributed by atoms with van der Waals surface area (Å²) in [7, 11) is 0. The maximum atomic E-state index is 3.97. The molecule has 0 amide bonds. The number of aryl methyl sites for hydroxylation is 1. The molecular formula is C20H34N+. The van der Waals surface area contributed by atoms with Crippen LogP contribution in [-0.2, 0) is 6.54 Å². The largest absolute Gasteiger partial charge is 0.205 e. The van der Waals surface area contributed by atoms with Gasteiger partial charge in [0.15, 0.2) is 12.4 Å². The zero-order valence-corrected chi connectivity index (χ0v) is 14.2. The Morgan fingerprint density at radius 1 is 0.857 bits per heavy atom. The smallest absolute Gasteiger partial charge is 0.169 e. The molecule has 0 aromatic carbocycles. The Hall–Kier alpha value is -1.11. The highest BCUT2D eigenvalue weighted by Crippen LogP contribution is 2.11. The molecular weight excluding hydrogens is 254 g/mol. The number of allylic oxidation sites excluding steroid dienone is 1. The van der Waals surface area contributed by atoms with Gasteiger partial charge >= 0.3 is 0 Å². The van der Waals surface area contributed by atoms with Crippen LogP contribution in [0.1, 0.15) is 83.6 Å². The van der Waals surface area contributed by atoms with Crippen LogP contribution in [0, 0.1) is 0 Å². The van der Waals surface area contributed by atoms with E-state index in [1.54, 1.807) is 0 Å². The van der Waals surface area contributed by atoms with Crippen LogP contribution in [0.15, 0.2) is 31.1 Å². The standard InChI is InChI=1S/C20H34N/c1-4-5-6-7-8-9-10-11-12-13-16-21-17-14-20(15-18-21)19(2)3/h14-15,17-18H,2,4-13,16H2,1,3H3/q+1. The third-order valence-electron chi connectivity index (χ3n) is 4.15. The van der Waals surface area contributed by atoms with Crippen LogP contribution in [0.3, 0.4) is 0 Å². The topological polar surface area (TPSA) is 3.88 Å². The zero-order chi connectivity index (χ0) is 15.3. The van der Waals surface area contributed by atoms with Gasteiger partial charge in [0.05, 0.1) is 0 Å². The summed E-state index contributed by atoms with van der Waals surface area (Å²) in [6.07, 6.45) is 18.4. The second-order valence-electron chi connectivity index (χ2n) is 6.29. The van der Waals surface area contributed by atoms with Gasteiger partial charge < -0.3 is 0 Å². The van der Waals surface area contributed by atoms with Gasteiger partial charge in [-0.25, -0.2) is 4.57 Å². The number of pyridine rings is 1. The first-order valence-electron chi connectivity index (χ1n) is 8.89. The van der Waals surface area contributed by atoms with E-state index in [4.69, 9.17) is 0 Å². The first-order valence-corrected chi connectivity index (χ1v) is 8.89. The van der Waals surface area contributed by atoms with Gasteiger partial charge in [0, 0.05) is 18.6 Å². The van der Waals surface area contributed by atoms with Gasteiger partial charge in [0.1, 0.15) is 6.54 Å². The molecule has 1 nitrogen and oxygen atoms in total. The molecule has 0 bridgehead atoms. The first kappa shape index (κ1) is 17.9. The lowest BCUT2D eigenvalue weighted by molar-refractivity contribution is -0.697. The van der Waals surface area contributed by atoms with Crippen LogP contribution in [0.25, 0.3) is 5.57 Å². The van der Waals surface area contributed by atoms with Gasteiger partial charge in [-0.3, -0.25) is 0 Å². The number of hydrogen-bond acceptors (Lipinski definition) is 0. The van der Waals surface area contributed by atoms with Crippen molar-refractivity contribution in [2.24, 2.45) is 0 Å². The lowest BCUT2D eigenvalue weighted by Gasteiger charge is -2.02. The molecule has 0 fully saturated rings. The molecule has 0 saturated heterocycles. The molecule has 0 unspecified atom stereocenters. The molecule has 1 aromatic rings. The van der Waals surface area contributed by atoms with Gasteiger partial charge in [0.2, 0.25) is 0 Å². The highest BCUT2D eigenvalue weighted by molar-refractivity contribution is 5.59. The monoisotopic (exact) mass is 288 g/mol. The minimum atomic E-state index is 1.14. The molecule has 0 N–H and O–H groups in total. The van der Waals surface area contributed by atoms with E-state index in [-0.39, 0.29) is 0 Å². The molecule has 0 aliphatic rings. The number of rotatable bonds is 12. The highest BCUT2D eigenvalue weighted by atomic mass is 14.9. The van der Waals surface area contributed by atoms with Gasteiger partial charge in [0.25, 0.3) is 0 Å². The van der Waals surface area contributed by atoms with Gasteiger partial charge in [-0.05, 0) is 18.9 Å². The number of aromatic nitrogens is 1. The molecule has 0 aliphatic heterocycles. The zero-order valence-electron chi connectivity index (χ0n) is 14.2. The third kappa shape index (κ3) is 8.70. The number of hydrogen-bond donors (Lipinski definition) is 0. The van der Waals surface area contributed by atoms with E-state index in [1.807, 2.05) is 0 Å². The second-order valence-corrected chi connectivity index (χ2v) is 6.29. The average molecular weight is 288 g/mol. The van der Waals surface area contributed by atoms with E-state index < -0.39 is 0 Å². The van der Waals surface area contributed by atoms with Gasteiger partial charge in [-0.15, -0.1) is 0 Å². The van der Waals surface area contributed by atoms with Crippen molar-refractivity contribution in [2.75, 3.05) is 0 Å². The van der Waals surface area contributed by atoms with Crippen molar-refractivity contribution in [3.05, 3.63) is 36.7 Å². The molecule has 0 radical (unpaired) electrons. The number of nitrogens with zero attached hydrogens (tertiary/aromatic N) is 1. The molecule has 0 saturated carbocycles. The Bertz CT molecular complexity index is 377. The average Bonchev–Trinajstić information content (AvgIpc) is 2.49. The lowest BCUT2D eigenvalue weighted by atomic mass is 10.1. The third-order valence-corrected chi connectivity index (χ3v) is 4.15. The summed E-state index contributed by atoms with van der Waals surface area (Å²) >= 11 is 0. The molecule has 0 atom stereocenters. The van der Waals surface area contributed by atoms with Crippen LogP contribution in [0.2, 0.25) is 0 Å². The van der Waals surface area contributed by atoms with E-state index in [2.05, 4.69) is 49.5 Å². The quantitative estimate of drug-likeness (QED) is 0.331. The van der Waals surface area contributed by atoms with Crippen LogP contribution in [0.4, 0.5) is 0 Å². The lowest BCUT2D eigenvalue weighted by Crippen LogP contribution is -2.32. The molecule has 0 spiro atoms. The summed E-state index contributed by atoms with van der Waals surface area (Å²) in [5, 5.41) is 0. The molecule has 118 valence electrons. The Kier molecular flexibility index (Phi) is 9.86. The van der Waals surface area contributed by atoms with Crippen molar-refractivity contribution in [2.45, 2.75) is 84.6 Å². The van der Waals surface area contributed by atoms with Crippen molar-refractivity contribution in [3.63, 3.8) is 0 Å². The molecule has 21 heavy (non-hydrogen) atoms. The van der Waals surface area contributed by atoms with Crippen LogP contribution in [0.5, 0.6) is 0 Å². The highest BCUT2D eigenvalue weighted by Gasteiger charge is 2.01. The molecule has 1 rings (SSSR count). The van der Waals surface area contributed by atoms with Gasteiger partial charge in [-0.1, -0.05) is 70.4 Å². The Morgan fingerprint density at radius 2 is 1.33 bits per heavy atom. The van der Waals surface area contributed by atoms with E-state index in [0.717, 1.165) is 12.1 Å². The van der Waals surface area contributed by atoms with E-state index >= 15 is 0 Å². The minimum absolute atomic E-state index is 1.14. The second kappa shape index (κ2) is 11.5. The predicted molar refractivity (Wildman–Crippen MR) is 93.2 cm³/mol. The predicted octanol–water partition coefficient (Wildman–Crippen LogP) is 5.93. The Morgan fingerprint density at radius 3 is 1.81 bits per heavy atom.